The number of carbonyl (C=O) groups excluding carboxylic acids is 1. The molecule has 6 nitrogen and oxygen atoms in total. The summed E-state index contributed by atoms with van der Waals surface area (Å²) >= 11 is 0. The van der Waals surface area contributed by atoms with Gasteiger partial charge in [0.1, 0.15) is 12.1 Å². The predicted molar refractivity (Wildman–Crippen MR) is 98.5 cm³/mol. The molecular weight excluding hydrogens is 387 g/mol. The Morgan fingerprint density at radius 1 is 1.10 bits per heavy atom. The average molecular weight is 405 g/mol. The summed E-state index contributed by atoms with van der Waals surface area (Å²) in [6.45, 7) is 3.85. The van der Waals surface area contributed by atoms with Crippen LogP contribution in [0.15, 0.2) is 54.9 Å². The zero-order valence-corrected chi connectivity index (χ0v) is 15.7. The van der Waals surface area contributed by atoms with Crippen molar-refractivity contribution in [2.75, 3.05) is 6.61 Å². The van der Waals surface area contributed by atoms with Crippen LogP contribution in [-0.2, 0) is 9.53 Å². The van der Waals surface area contributed by atoms with Crippen LogP contribution in [0.3, 0.4) is 0 Å². The third-order valence-corrected chi connectivity index (χ3v) is 4.14. The first kappa shape index (κ1) is 20.4. The van der Waals surface area contributed by atoms with Gasteiger partial charge in [-0.05, 0) is 43.7 Å². The molecule has 1 atom stereocenters. The minimum Gasteiger partial charge on any atom is -0.466 e. The van der Waals surface area contributed by atoms with Crippen LogP contribution in [0.4, 0.5) is 13.2 Å². The minimum atomic E-state index is -4.74. The van der Waals surface area contributed by atoms with Crippen molar-refractivity contribution in [3.63, 3.8) is 0 Å². The molecule has 2 aromatic carbocycles. The van der Waals surface area contributed by atoms with E-state index in [1.54, 1.807) is 38.1 Å². The van der Waals surface area contributed by atoms with E-state index in [2.05, 4.69) is 14.8 Å². The largest absolute Gasteiger partial charge is 0.573 e. The molecule has 0 aliphatic carbocycles. The number of nitrogens with zero attached hydrogens (tertiary/aromatic N) is 3. The van der Waals surface area contributed by atoms with Crippen LogP contribution in [-0.4, -0.2) is 33.7 Å². The predicted octanol–water partition coefficient (Wildman–Crippen LogP) is 4.50. The SMILES string of the molecule is CCOC(=O)C(C)c1ccc(-c2ncn(-c3ccc(OC(F)(F)F)cc3)n2)cc1. The second kappa shape index (κ2) is 8.34. The second-order valence-electron chi connectivity index (χ2n) is 6.15. The van der Waals surface area contributed by atoms with Gasteiger partial charge in [0.15, 0.2) is 5.82 Å². The Balaban J connectivity index is 1.73. The molecule has 0 fully saturated rings. The molecule has 0 aliphatic heterocycles. The molecule has 3 aromatic rings. The quantitative estimate of drug-likeness (QED) is 0.565. The second-order valence-corrected chi connectivity index (χ2v) is 6.15. The maximum atomic E-state index is 12.2. The average Bonchev–Trinajstić information content (AvgIpc) is 3.17. The van der Waals surface area contributed by atoms with Crippen LogP contribution in [0.5, 0.6) is 5.75 Å². The molecule has 1 heterocycles. The normalized spacial score (nSPS) is 12.4. The van der Waals surface area contributed by atoms with E-state index in [0.29, 0.717) is 18.1 Å². The van der Waals surface area contributed by atoms with Crippen LogP contribution >= 0.6 is 0 Å². The Hall–Kier alpha value is -3.36. The monoisotopic (exact) mass is 405 g/mol. The highest BCUT2D eigenvalue weighted by Gasteiger charge is 2.31. The van der Waals surface area contributed by atoms with Gasteiger partial charge in [0.25, 0.3) is 0 Å². The van der Waals surface area contributed by atoms with E-state index in [9.17, 15) is 18.0 Å². The van der Waals surface area contributed by atoms with Gasteiger partial charge in [0.05, 0.1) is 18.2 Å². The van der Waals surface area contributed by atoms with Crippen LogP contribution in [0.1, 0.15) is 25.3 Å². The highest BCUT2D eigenvalue weighted by atomic mass is 19.4. The summed E-state index contributed by atoms with van der Waals surface area (Å²) in [5.74, 6) is -0.545. The van der Waals surface area contributed by atoms with Crippen LogP contribution in [0.2, 0.25) is 0 Å². The number of halogens is 3. The molecule has 1 aromatic heterocycles. The van der Waals surface area contributed by atoms with Gasteiger partial charge in [0.2, 0.25) is 0 Å². The first-order valence-corrected chi connectivity index (χ1v) is 8.81. The first-order chi connectivity index (χ1) is 13.8. The molecule has 0 saturated carbocycles. The van der Waals surface area contributed by atoms with Gasteiger partial charge >= 0.3 is 12.3 Å². The molecule has 152 valence electrons. The van der Waals surface area contributed by atoms with Gasteiger partial charge in [0, 0.05) is 5.56 Å². The fourth-order valence-corrected chi connectivity index (χ4v) is 2.64. The first-order valence-electron chi connectivity index (χ1n) is 8.81. The molecule has 0 aliphatic rings. The Morgan fingerprint density at radius 3 is 2.34 bits per heavy atom. The number of aromatic nitrogens is 3. The molecule has 29 heavy (non-hydrogen) atoms. The van der Waals surface area contributed by atoms with E-state index in [-0.39, 0.29) is 17.6 Å². The van der Waals surface area contributed by atoms with Gasteiger partial charge in [-0.3, -0.25) is 4.79 Å². The van der Waals surface area contributed by atoms with Crippen molar-refractivity contribution in [1.29, 1.82) is 0 Å². The molecule has 0 N–H and O–H groups in total. The summed E-state index contributed by atoms with van der Waals surface area (Å²) < 4.78 is 47.0. The summed E-state index contributed by atoms with van der Waals surface area (Å²) in [6, 6.07) is 12.5. The van der Waals surface area contributed by atoms with Gasteiger partial charge in [-0.1, -0.05) is 24.3 Å². The number of carbonyl (C=O) groups is 1. The number of benzene rings is 2. The Morgan fingerprint density at radius 2 is 1.76 bits per heavy atom. The van der Waals surface area contributed by atoms with Crippen LogP contribution in [0.25, 0.3) is 17.1 Å². The van der Waals surface area contributed by atoms with Gasteiger partial charge in [-0.25, -0.2) is 9.67 Å². The maximum Gasteiger partial charge on any atom is 0.573 e. The molecule has 0 saturated heterocycles. The fraction of sp³-hybridized carbons (Fsp3) is 0.250. The highest BCUT2D eigenvalue weighted by molar-refractivity contribution is 5.78. The van der Waals surface area contributed by atoms with E-state index in [1.807, 2.05) is 0 Å². The van der Waals surface area contributed by atoms with Gasteiger partial charge < -0.3 is 9.47 Å². The minimum absolute atomic E-state index is 0.291. The third-order valence-electron chi connectivity index (χ3n) is 4.14. The van der Waals surface area contributed by atoms with E-state index in [0.717, 1.165) is 11.1 Å². The van der Waals surface area contributed by atoms with Crippen LogP contribution < -0.4 is 4.74 Å². The standard InChI is InChI=1S/C20H18F3N3O3/c1-3-28-19(27)13(2)14-4-6-15(7-5-14)18-24-12-26(25-18)16-8-10-17(11-9-16)29-20(21,22)23/h4-13H,3H2,1-2H3. The summed E-state index contributed by atoms with van der Waals surface area (Å²) in [6.07, 6.45) is -3.27. The van der Waals surface area contributed by atoms with Crippen molar-refractivity contribution in [3.05, 3.63) is 60.4 Å². The molecule has 9 heteroatoms. The number of hydrogen-bond acceptors (Lipinski definition) is 5. The number of ether oxygens (including phenoxy) is 2. The Bertz CT molecular complexity index is 967. The number of hydrogen-bond donors (Lipinski definition) is 0. The van der Waals surface area contributed by atoms with Gasteiger partial charge in [-0.2, -0.15) is 0 Å². The highest BCUT2D eigenvalue weighted by Crippen LogP contribution is 2.25. The number of rotatable bonds is 6. The lowest BCUT2D eigenvalue weighted by Gasteiger charge is -2.10. The lowest BCUT2D eigenvalue weighted by atomic mass is 10.00. The van der Waals surface area contributed by atoms with Crippen molar-refractivity contribution in [1.82, 2.24) is 14.8 Å². The van der Waals surface area contributed by atoms with E-state index in [1.165, 1.54) is 35.3 Å². The lowest BCUT2D eigenvalue weighted by molar-refractivity contribution is -0.274. The smallest absolute Gasteiger partial charge is 0.466 e. The maximum absolute atomic E-state index is 12.2. The summed E-state index contributed by atoms with van der Waals surface area (Å²) in [4.78, 5) is 16.1. The summed E-state index contributed by atoms with van der Waals surface area (Å²) in [7, 11) is 0. The zero-order chi connectivity index (χ0) is 21.0. The summed E-state index contributed by atoms with van der Waals surface area (Å²) in [5, 5.41) is 4.34. The Labute approximate surface area is 164 Å². The zero-order valence-electron chi connectivity index (χ0n) is 15.7. The lowest BCUT2D eigenvalue weighted by Crippen LogP contribution is -2.17. The van der Waals surface area contributed by atoms with Crippen molar-refractivity contribution < 1.29 is 27.4 Å². The molecule has 3 rings (SSSR count). The molecule has 0 spiro atoms. The molecular formula is C20H18F3N3O3. The molecule has 1 unspecified atom stereocenters. The third kappa shape index (κ3) is 5.13. The Kier molecular flexibility index (Phi) is 5.86. The van der Waals surface area contributed by atoms with E-state index >= 15 is 0 Å². The number of alkyl halides is 3. The van der Waals surface area contributed by atoms with E-state index in [4.69, 9.17) is 4.74 Å². The molecule has 0 amide bonds. The fourth-order valence-electron chi connectivity index (χ4n) is 2.64. The van der Waals surface area contributed by atoms with Crippen molar-refractivity contribution >= 4 is 5.97 Å². The summed E-state index contributed by atoms with van der Waals surface area (Å²) in [5.41, 5.74) is 2.08. The topological polar surface area (TPSA) is 66.2 Å². The van der Waals surface area contributed by atoms with Crippen molar-refractivity contribution in [2.24, 2.45) is 0 Å². The van der Waals surface area contributed by atoms with Gasteiger partial charge in [-0.15, -0.1) is 18.3 Å². The van der Waals surface area contributed by atoms with E-state index < -0.39 is 6.36 Å². The van der Waals surface area contributed by atoms with Crippen molar-refractivity contribution in [2.45, 2.75) is 26.1 Å². The number of esters is 1. The molecule has 0 bridgehead atoms. The van der Waals surface area contributed by atoms with Crippen LogP contribution in [0, 0.1) is 0 Å². The van der Waals surface area contributed by atoms with Crippen molar-refractivity contribution in [3.8, 4) is 22.8 Å². The molecule has 0 radical (unpaired) electrons.